The van der Waals surface area contributed by atoms with E-state index in [9.17, 15) is 19.5 Å². The number of alkyl halides is 1. The molecule has 9 heteroatoms. The van der Waals surface area contributed by atoms with Crippen LogP contribution >= 0.6 is 22.6 Å². The number of rotatable bonds is 11. The fourth-order valence-corrected chi connectivity index (χ4v) is 3.61. The molecule has 0 bridgehead atoms. The van der Waals surface area contributed by atoms with Gasteiger partial charge in [0.05, 0.1) is 5.56 Å². The first-order valence-electron chi connectivity index (χ1n) is 10.5. The van der Waals surface area contributed by atoms with E-state index < -0.39 is 30.4 Å². The van der Waals surface area contributed by atoms with Crippen molar-refractivity contribution >= 4 is 40.6 Å². The van der Waals surface area contributed by atoms with Gasteiger partial charge in [-0.3, -0.25) is 0 Å². The molecule has 33 heavy (non-hydrogen) atoms. The maximum absolute atomic E-state index is 12.8. The highest BCUT2D eigenvalue weighted by molar-refractivity contribution is 14.1. The smallest absolute Gasteiger partial charge is 0.408 e. The van der Waals surface area contributed by atoms with Crippen LogP contribution in [0, 0.1) is 5.92 Å². The topological polar surface area (TPSA) is 111 Å². The average Bonchev–Trinajstić information content (AvgIpc) is 2.80. The molecule has 2 aromatic carbocycles. The first-order chi connectivity index (χ1) is 15.7. The van der Waals surface area contributed by atoms with E-state index in [-0.39, 0.29) is 18.1 Å². The number of ether oxygens (including phenoxy) is 3. The number of benzene rings is 2. The Morgan fingerprint density at radius 3 is 2.39 bits per heavy atom. The summed E-state index contributed by atoms with van der Waals surface area (Å²) in [6.07, 6.45) is -1.04. The molecule has 2 rings (SSSR count). The van der Waals surface area contributed by atoms with Crippen molar-refractivity contribution in [2.45, 2.75) is 50.6 Å². The van der Waals surface area contributed by atoms with Gasteiger partial charge in [0, 0.05) is 11.4 Å². The van der Waals surface area contributed by atoms with E-state index in [2.05, 4.69) is 27.9 Å². The van der Waals surface area contributed by atoms with Crippen LogP contribution in [0.5, 0.6) is 5.75 Å². The number of nitrogens with one attached hydrogen (secondary N) is 1. The van der Waals surface area contributed by atoms with Crippen LogP contribution in [0.1, 0.15) is 48.7 Å². The Balaban J connectivity index is 1.98. The van der Waals surface area contributed by atoms with Gasteiger partial charge in [0.15, 0.2) is 0 Å². The molecule has 0 fully saturated rings. The maximum Gasteiger partial charge on any atom is 0.408 e. The lowest BCUT2D eigenvalue weighted by atomic mass is 9.99. The zero-order chi connectivity index (χ0) is 24.4. The molecule has 3 atom stereocenters. The van der Waals surface area contributed by atoms with Gasteiger partial charge in [-0.1, -0.05) is 73.2 Å². The minimum atomic E-state index is -1.02. The summed E-state index contributed by atoms with van der Waals surface area (Å²) in [6, 6.07) is 12.9. The van der Waals surface area contributed by atoms with E-state index in [1.54, 1.807) is 13.0 Å². The Hall–Kier alpha value is -2.82. The highest BCUT2D eigenvalue weighted by Gasteiger charge is 2.29. The number of hydrogen-bond acceptors (Lipinski definition) is 6. The third-order valence-corrected chi connectivity index (χ3v) is 5.81. The molecule has 178 valence electrons. The number of carbonyl (C=O) groups excluding carboxylic acids is 2. The highest BCUT2D eigenvalue weighted by Crippen LogP contribution is 2.22. The third kappa shape index (κ3) is 8.23. The molecule has 0 saturated heterocycles. The molecule has 0 saturated carbocycles. The Morgan fingerprint density at radius 1 is 1.09 bits per heavy atom. The highest BCUT2D eigenvalue weighted by atomic mass is 127. The third-order valence-electron chi connectivity index (χ3n) is 4.99. The summed E-state index contributed by atoms with van der Waals surface area (Å²) in [4.78, 5) is 36.3. The van der Waals surface area contributed by atoms with Crippen molar-refractivity contribution < 1.29 is 33.7 Å². The molecule has 0 radical (unpaired) electrons. The quantitative estimate of drug-likeness (QED) is 0.171. The van der Waals surface area contributed by atoms with Crippen LogP contribution in [0.2, 0.25) is 0 Å². The summed E-state index contributed by atoms with van der Waals surface area (Å²) in [5, 5.41) is 11.8. The molecule has 2 aromatic rings. The molecule has 0 aliphatic carbocycles. The molecule has 0 heterocycles. The Morgan fingerprint density at radius 2 is 1.79 bits per heavy atom. The number of carboxylic acid groups (broad SMARTS) is 1. The molecule has 0 aliphatic rings. The number of halogens is 1. The van der Waals surface area contributed by atoms with Crippen LogP contribution in [0.15, 0.2) is 48.5 Å². The Bertz CT molecular complexity index is 951. The predicted molar refractivity (Wildman–Crippen MR) is 130 cm³/mol. The normalized spacial score (nSPS) is 13.3. The van der Waals surface area contributed by atoms with Crippen molar-refractivity contribution in [2.75, 3.05) is 0 Å². The van der Waals surface area contributed by atoms with Crippen LogP contribution < -0.4 is 10.1 Å². The number of carbonyl (C=O) groups is 3. The molecule has 8 nitrogen and oxygen atoms in total. The summed E-state index contributed by atoms with van der Waals surface area (Å²) < 4.78 is 16.8. The lowest BCUT2D eigenvalue weighted by molar-refractivity contribution is -0.165. The summed E-state index contributed by atoms with van der Waals surface area (Å²) in [7, 11) is 0. The number of alkyl carbamates (subject to hydrolysis) is 1. The van der Waals surface area contributed by atoms with Crippen LogP contribution in [0.3, 0.4) is 0 Å². The SMILES string of the molecule is CC[C@H](C)[C@H](NC(=O)OCc1ccccc1)C(=O)OC(C)Oc1ccc(C(=O)O)c(CI)c1. The average molecular weight is 569 g/mol. The number of esters is 1. The number of hydrogen-bond donors (Lipinski definition) is 2. The van der Waals surface area contributed by atoms with Gasteiger partial charge in [0.25, 0.3) is 0 Å². The van der Waals surface area contributed by atoms with Gasteiger partial charge in [-0.25, -0.2) is 14.4 Å². The Kier molecular flexibility index (Phi) is 10.4. The molecule has 2 N–H and O–H groups in total. The number of carboxylic acids is 1. The first kappa shape index (κ1) is 26.4. The van der Waals surface area contributed by atoms with E-state index in [0.717, 1.165) is 5.56 Å². The lowest BCUT2D eigenvalue weighted by Crippen LogP contribution is -2.47. The second-order valence-corrected chi connectivity index (χ2v) is 8.21. The van der Waals surface area contributed by atoms with Crippen molar-refractivity contribution in [1.82, 2.24) is 5.32 Å². The van der Waals surface area contributed by atoms with Gasteiger partial charge < -0.3 is 24.6 Å². The minimum Gasteiger partial charge on any atom is -0.478 e. The standard InChI is InChI=1S/C24H28INO7/c1-4-15(2)21(26-24(30)31-14-17-8-6-5-7-9-17)23(29)33-16(3)32-19-10-11-20(22(27)28)18(12-19)13-25/h5-12,15-16,21H,4,13-14H2,1-3H3,(H,26,30)(H,27,28)/t15-,16?,21-/m0/s1. The van der Waals surface area contributed by atoms with E-state index in [0.29, 0.717) is 22.2 Å². The summed E-state index contributed by atoms with van der Waals surface area (Å²) in [5.41, 5.74) is 1.62. The molecule has 0 aromatic heterocycles. The minimum absolute atomic E-state index is 0.0833. The van der Waals surface area contributed by atoms with Crippen LogP contribution in [0.25, 0.3) is 0 Å². The molecule has 1 unspecified atom stereocenters. The van der Waals surface area contributed by atoms with Gasteiger partial charge in [-0.2, -0.15) is 0 Å². The van der Waals surface area contributed by atoms with E-state index in [1.807, 2.05) is 44.2 Å². The lowest BCUT2D eigenvalue weighted by Gasteiger charge is -2.24. The zero-order valence-electron chi connectivity index (χ0n) is 18.7. The van der Waals surface area contributed by atoms with Crippen LogP contribution in [-0.2, 0) is 25.3 Å². The van der Waals surface area contributed by atoms with Crippen molar-refractivity contribution in [2.24, 2.45) is 5.92 Å². The van der Waals surface area contributed by atoms with Gasteiger partial charge >= 0.3 is 18.0 Å². The van der Waals surface area contributed by atoms with Crippen molar-refractivity contribution in [3.8, 4) is 5.75 Å². The largest absolute Gasteiger partial charge is 0.478 e. The second-order valence-electron chi connectivity index (χ2n) is 7.45. The van der Waals surface area contributed by atoms with Crippen molar-refractivity contribution in [3.05, 3.63) is 65.2 Å². The second kappa shape index (κ2) is 13.0. The fraction of sp³-hybridized carbons (Fsp3) is 0.375. The monoisotopic (exact) mass is 569 g/mol. The Labute approximate surface area is 206 Å². The van der Waals surface area contributed by atoms with Crippen molar-refractivity contribution in [1.29, 1.82) is 0 Å². The van der Waals surface area contributed by atoms with Crippen molar-refractivity contribution in [3.63, 3.8) is 0 Å². The van der Waals surface area contributed by atoms with E-state index >= 15 is 0 Å². The van der Waals surface area contributed by atoms with Crippen LogP contribution in [-0.4, -0.2) is 35.5 Å². The summed E-state index contributed by atoms with van der Waals surface area (Å²) in [5.74, 6) is -1.49. The van der Waals surface area contributed by atoms with Crippen LogP contribution in [0.4, 0.5) is 4.79 Å². The van der Waals surface area contributed by atoms with E-state index in [4.69, 9.17) is 14.2 Å². The molecule has 0 aliphatic heterocycles. The van der Waals surface area contributed by atoms with Gasteiger partial charge in [-0.15, -0.1) is 0 Å². The number of amides is 1. The van der Waals surface area contributed by atoms with Gasteiger partial charge in [-0.05, 0) is 35.2 Å². The number of aromatic carboxylic acids is 1. The molecular formula is C24H28INO7. The van der Waals surface area contributed by atoms with Gasteiger partial charge in [0.2, 0.25) is 6.29 Å². The summed E-state index contributed by atoms with van der Waals surface area (Å²) in [6.45, 7) is 5.36. The fourth-order valence-electron chi connectivity index (χ4n) is 2.98. The van der Waals surface area contributed by atoms with E-state index in [1.165, 1.54) is 12.1 Å². The maximum atomic E-state index is 12.8. The molecule has 1 amide bonds. The zero-order valence-corrected chi connectivity index (χ0v) is 20.9. The first-order valence-corrected chi connectivity index (χ1v) is 12.0. The molecular weight excluding hydrogens is 541 g/mol. The summed E-state index contributed by atoms with van der Waals surface area (Å²) >= 11 is 2.07. The predicted octanol–water partition coefficient (Wildman–Crippen LogP) is 4.93. The van der Waals surface area contributed by atoms with Gasteiger partial charge in [0.1, 0.15) is 18.4 Å². The molecule has 0 spiro atoms.